The van der Waals surface area contributed by atoms with Crippen LogP contribution in [-0.4, -0.2) is 32.6 Å². The number of carbonyl (C=O) groups is 1. The highest BCUT2D eigenvalue weighted by molar-refractivity contribution is 6.31. The third kappa shape index (κ3) is 2.83. The molecule has 0 aliphatic rings. The number of aromatic nitrogens is 4. The second kappa shape index (κ2) is 6.32. The second-order valence-electron chi connectivity index (χ2n) is 4.93. The number of hydrogen-bond donors (Lipinski definition) is 2. The van der Waals surface area contributed by atoms with Crippen LogP contribution in [0.4, 0.5) is 11.6 Å². The Bertz CT molecular complexity index is 979. The zero-order valence-corrected chi connectivity index (χ0v) is 13.7. The van der Waals surface area contributed by atoms with E-state index < -0.39 is 5.97 Å². The lowest BCUT2D eigenvalue weighted by atomic mass is 10.3. The molecule has 0 fully saturated rings. The van der Waals surface area contributed by atoms with Gasteiger partial charge >= 0.3 is 5.97 Å². The lowest BCUT2D eigenvalue weighted by Crippen LogP contribution is -2.21. The molecule has 24 heavy (non-hydrogen) atoms. The number of anilines is 2. The predicted molar refractivity (Wildman–Crippen MR) is 89.9 cm³/mol. The highest BCUT2D eigenvalue weighted by atomic mass is 35.5. The first kappa shape index (κ1) is 16.0. The number of aromatic amines is 1. The molecular weight excluding hydrogens is 334 g/mol. The first-order chi connectivity index (χ1) is 11.5. The molecule has 124 valence electrons. The number of ether oxygens (including phenoxy) is 1. The van der Waals surface area contributed by atoms with Crippen molar-refractivity contribution in [2.75, 3.05) is 12.4 Å². The first-order valence-electron chi connectivity index (χ1n) is 7.13. The summed E-state index contributed by atoms with van der Waals surface area (Å²) in [5, 5.41) is 3.76. The fraction of sp³-hybridized carbons (Fsp3) is 0.200. The average molecular weight is 348 g/mol. The summed E-state index contributed by atoms with van der Waals surface area (Å²) >= 11 is 5.93. The van der Waals surface area contributed by atoms with Crippen molar-refractivity contribution in [1.29, 1.82) is 0 Å². The van der Waals surface area contributed by atoms with E-state index in [9.17, 15) is 9.59 Å². The van der Waals surface area contributed by atoms with E-state index in [-0.39, 0.29) is 10.6 Å². The molecule has 3 heterocycles. The minimum atomic E-state index is -0.475. The fourth-order valence-corrected chi connectivity index (χ4v) is 2.52. The van der Waals surface area contributed by atoms with Gasteiger partial charge in [-0.2, -0.15) is 4.98 Å². The molecule has 0 aliphatic carbocycles. The second-order valence-corrected chi connectivity index (χ2v) is 5.34. The third-order valence-electron chi connectivity index (χ3n) is 3.44. The van der Waals surface area contributed by atoms with E-state index in [0.29, 0.717) is 34.9 Å². The number of nitrogens with one attached hydrogen (secondary N) is 2. The maximum atomic E-state index is 12.1. The van der Waals surface area contributed by atoms with Gasteiger partial charge < -0.3 is 15.0 Å². The highest BCUT2D eigenvalue weighted by Gasteiger charge is 2.11. The molecule has 3 rings (SSSR count). The van der Waals surface area contributed by atoms with Crippen molar-refractivity contribution in [2.24, 2.45) is 0 Å². The summed E-state index contributed by atoms with van der Waals surface area (Å²) in [6.07, 6.45) is 3.17. The van der Waals surface area contributed by atoms with Gasteiger partial charge in [0.05, 0.1) is 12.8 Å². The van der Waals surface area contributed by atoms with Crippen molar-refractivity contribution in [2.45, 2.75) is 13.5 Å². The van der Waals surface area contributed by atoms with Crippen molar-refractivity contribution < 1.29 is 9.53 Å². The predicted octanol–water partition coefficient (Wildman–Crippen LogP) is 2.32. The Kier molecular flexibility index (Phi) is 4.22. The Morgan fingerprint density at radius 3 is 2.96 bits per heavy atom. The minimum Gasteiger partial charge on any atom is -0.464 e. The Hall–Kier alpha value is -2.87. The number of fused-ring (bicyclic) bond motifs is 1. The molecule has 0 aromatic carbocycles. The van der Waals surface area contributed by atoms with Crippen LogP contribution >= 0.6 is 11.6 Å². The largest absolute Gasteiger partial charge is 0.464 e. The standard InChI is InChI=1S/C15H14ClN5O3/c1-3-21-12-8(4-10(16)13(21)22)6-18-15(20-12)19-9-5-11(17-7-9)14(23)24-2/h4-7,17H,3H2,1-2H3,(H,18,19,20). The number of methoxy groups -OCH3 is 1. The number of hydrogen-bond acceptors (Lipinski definition) is 6. The van der Waals surface area contributed by atoms with Gasteiger partial charge in [0.1, 0.15) is 16.4 Å². The van der Waals surface area contributed by atoms with E-state index in [1.165, 1.54) is 11.7 Å². The minimum absolute atomic E-state index is 0.127. The van der Waals surface area contributed by atoms with Crippen molar-refractivity contribution >= 4 is 40.2 Å². The summed E-state index contributed by atoms with van der Waals surface area (Å²) in [6.45, 7) is 2.27. The lowest BCUT2D eigenvalue weighted by molar-refractivity contribution is 0.0595. The van der Waals surface area contributed by atoms with Crippen LogP contribution < -0.4 is 10.9 Å². The average Bonchev–Trinajstić information content (AvgIpc) is 3.04. The van der Waals surface area contributed by atoms with Crippen LogP contribution in [-0.2, 0) is 11.3 Å². The Balaban J connectivity index is 1.99. The number of aryl methyl sites for hydroxylation is 1. The summed E-state index contributed by atoms with van der Waals surface area (Å²) in [5.41, 5.74) is 1.08. The van der Waals surface area contributed by atoms with Gasteiger partial charge in [0.2, 0.25) is 5.95 Å². The lowest BCUT2D eigenvalue weighted by Gasteiger charge is -2.09. The fourth-order valence-electron chi connectivity index (χ4n) is 2.30. The van der Waals surface area contributed by atoms with Gasteiger partial charge in [0.15, 0.2) is 0 Å². The van der Waals surface area contributed by atoms with Gasteiger partial charge in [0.25, 0.3) is 5.56 Å². The van der Waals surface area contributed by atoms with Crippen LogP contribution in [0.25, 0.3) is 11.0 Å². The van der Waals surface area contributed by atoms with E-state index in [1.807, 2.05) is 6.92 Å². The number of H-pyrrole nitrogens is 1. The topological polar surface area (TPSA) is 102 Å². The molecule has 0 aliphatic heterocycles. The molecule has 2 N–H and O–H groups in total. The molecular formula is C15H14ClN5O3. The summed E-state index contributed by atoms with van der Waals surface area (Å²) < 4.78 is 6.11. The molecule has 0 unspecified atom stereocenters. The maximum absolute atomic E-state index is 12.1. The van der Waals surface area contributed by atoms with Crippen LogP contribution in [0.3, 0.4) is 0 Å². The van der Waals surface area contributed by atoms with Crippen LogP contribution in [0.5, 0.6) is 0 Å². The van der Waals surface area contributed by atoms with E-state index in [0.717, 1.165) is 0 Å². The van der Waals surface area contributed by atoms with Crippen molar-refractivity contribution in [3.63, 3.8) is 0 Å². The SMILES string of the molecule is CCn1c(=O)c(Cl)cc2cnc(Nc3c[nH]c(C(=O)OC)c3)nc21. The van der Waals surface area contributed by atoms with Gasteiger partial charge in [-0.25, -0.2) is 9.78 Å². The van der Waals surface area contributed by atoms with Crippen molar-refractivity contribution in [1.82, 2.24) is 19.5 Å². The van der Waals surface area contributed by atoms with E-state index >= 15 is 0 Å². The number of rotatable bonds is 4. The molecule has 8 nitrogen and oxygen atoms in total. The summed E-state index contributed by atoms with van der Waals surface area (Å²) in [5.74, 6) is -0.182. The number of halogens is 1. The molecule has 0 radical (unpaired) electrons. The number of esters is 1. The molecule has 3 aromatic rings. The van der Waals surface area contributed by atoms with Crippen LogP contribution in [0.15, 0.2) is 29.3 Å². The maximum Gasteiger partial charge on any atom is 0.354 e. The first-order valence-corrected chi connectivity index (χ1v) is 7.51. The van der Waals surface area contributed by atoms with E-state index in [2.05, 4.69) is 25.0 Å². The summed E-state index contributed by atoms with van der Waals surface area (Å²) in [6, 6.07) is 3.12. The van der Waals surface area contributed by atoms with Gasteiger partial charge in [0, 0.05) is 24.3 Å². The Morgan fingerprint density at radius 2 is 2.25 bits per heavy atom. The molecule has 0 saturated heterocycles. The van der Waals surface area contributed by atoms with Crippen LogP contribution in [0.1, 0.15) is 17.4 Å². The quantitative estimate of drug-likeness (QED) is 0.702. The number of pyridine rings is 1. The van der Waals surface area contributed by atoms with Crippen molar-refractivity contribution in [3.8, 4) is 0 Å². The van der Waals surface area contributed by atoms with Crippen LogP contribution in [0.2, 0.25) is 5.02 Å². The molecule has 0 saturated carbocycles. The van der Waals surface area contributed by atoms with Gasteiger partial charge in [-0.05, 0) is 19.1 Å². The molecule has 3 aromatic heterocycles. The van der Waals surface area contributed by atoms with E-state index in [1.54, 1.807) is 24.5 Å². The highest BCUT2D eigenvalue weighted by Crippen LogP contribution is 2.18. The number of nitrogens with zero attached hydrogens (tertiary/aromatic N) is 3. The molecule has 0 spiro atoms. The van der Waals surface area contributed by atoms with Crippen LogP contribution in [0, 0.1) is 0 Å². The van der Waals surface area contributed by atoms with Gasteiger partial charge in [-0.1, -0.05) is 11.6 Å². The number of carbonyl (C=O) groups excluding carboxylic acids is 1. The Morgan fingerprint density at radius 1 is 1.46 bits per heavy atom. The summed E-state index contributed by atoms with van der Waals surface area (Å²) in [4.78, 5) is 34.9. The van der Waals surface area contributed by atoms with Crippen molar-refractivity contribution in [3.05, 3.63) is 45.6 Å². The molecule has 0 atom stereocenters. The zero-order valence-electron chi connectivity index (χ0n) is 13.0. The van der Waals surface area contributed by atoms with E-state index in [4.69, 9.17) is 11.6 Å². The monoisotopic (exact) mass is 347 g/mol. The smallest absolute Gasteiger partial charge is 0.354 e. The van der Waals surface area contributed by atoms with Gasteiger partial charge in [-0.3, -0.25) is 9.36 Å². The normalized spacial score (nSPS) is 10.8. The molecule has 0 bridgehead atoms. The summed E-state index contributed by atoms with van der Waals surface area (Å²) in [7, 11) is 1.30. The zero-order chi connectivity index (χ0) is 17.3. The molecule has 0 amide bonds. The Labute approximate surface area is 141 Å². The third-order valence-corrected chi connectivity index (χ3v) is 3.71. The molecule has 9 heteroatoms. The van der Waals surface area contributed by atoms with Gasteiger partial charge in [-0.15, -0.1) is 0 Å².